The Morgan fingerprint density at radius 2 is 1.50 bits per heavy atom. The van der Waals surface area contributed by atoms with E-state index in [0.29, 0.717) is 32.7 Å². The molecule has 7 nitrogen and oxygen atoms in total. The standard InChI is InChI=1S/C21H38N4O3.2ClH/c1-4-28-17-15-21(22,20(17,2)3)19(27)25-13-11-23(12-14-25)16-18(26)24-9-7-5-6-8-10-24;;/h17H,4-16,22H2,1-3H3;2*1H. The van der Waals surface area contributed by atoms with Gasteiger partial charge in [0.25, 0.3) is 0 Å². The van der Waals surface area contributed by atoms with Gasteiger partial charge in [-0.15, -0.1) is 24.8 Å². The Bertz CT molecular complexity index is 577. The summed E-state index contributed by atoms with van der Waals surface area (Å²) in [5.41, 5.74) is 5.35. The van der Waals surface area contributed by atoms with E-state index in [4.69, 9.17) is 10.5 Å². The molecule has 3 fully saturated rings. The van der Waals surface area contributed by atoms with Crippen molar-refractivity contribution >= 4 is 36.6 Å². The Balaban J connectivity index is 0.00000225. The first-order valence-corrected chi connectivity index (χ1v) is 11.0. The number of rotatable bonds is 5. The van der Waals surface area contributed by atoms with Gasteiger partial charge >= 0.3 is 0 Å². The molecule has 2 saturated heterocycles. The molecule has 1 aliphatic carbocycles. The second kappa shape index (κ2) is 11.3. The minimum atomic E-state index is -0.850. The van der Waals surface area contributed by atoms with Crippen LogP contribution in [0.3, 0.4) is 0 Å². The van der Waals surface area contributed by atoms with E-state index in [1.165, 1.54) is 12.8 Å². The van der Waals surface area contributed by atoms with Gasteiger partial charge in [-0.2, -0.15) is 0 Å². The summed E-state index contributed by atoms with van der Waals surface area (Å²) in [6, 6.07) is 0. The zero-order chi connectivity index (χ0) is 20.4. The van der Waals surface area contributed by atoms with Crippen LogP contribution in [-0.4, -0.2) is 90.6 Å². The maximum absolute atomic E-state index is 13.1. The molecule has 3 aliphatic rings. The van der Waals surface area contributed by atoms with E-state index in [2.05, 4.69) is 4.90 Å². The number of piperazine rings is 1. The third-order valence-corrected chi connectivity index (χ3v) is 7.19. The van der Waals surface area contributed by atoms with Gasteiger partial charge in [0.05, 0.1) is 12.6 Å². The third-order valence-electron chi connectivity index (χ3n) is 7.19. The first-order valence-electron chi connectivity index (χ1n) is 11.0. The molecule has 1 saturated carbocycles. The zero-order valence-electron chi connectivity index (χ0n) is 18.7. The second-order valence-electron chi connectivity index (χ2n) is 9.20. The molecule has 2 unspecified atom stereocenters. The Morgan fingerprint density at radius 3 is 2.00 bits per heavy atom. The van der Waals surface area contributed by atoms with Crippen molar-refractivity contribution in [2.45, 2.75) is 64.5 Å². The Morgan fingerprint density at radius 1 is 0.933 bits per heavy atom. The smallest absolute Gasteiger partial charge is 0.243 e. The van der Waals surface area contributed by atoms with Gasteiger partial charge in [-0.25, -0.2) is 0 Å². The largest absolute Gasteiger partial charge is 0.378 e. The first-order chi connectivity index (χ1) is 13.3. The van der Waals surface area contributed by atoms with Crippen molar-refractivity contribution in [2.24, 2.45) is 11.1 Å². The van der Waals surface area contributed by atoms with Crippen molar-refractivity contribution in [3.63, 3.8) is 0 Å². The van der Waals surface area contributed by atoms with Crippen LogP contribution in [0.2, 0.25) is 0 Å². The molecule has 2 N–H and O–H groups in total. The van der Waals surface area contributed by atoms with E-state index in [0.717, 1.165) is 39.0 Å². The first kappa shape index (κ1) is 27.4. The summed E-state index contributed by atoms with van der Waals surface area (Å²) in [5.74, 6) is 0.267. The number of carbonyl (C=O) groups is 2. The summed E-state index contributed by atoms with van der Waals surface area (Å²) in [7, 11) is 0. The van der Waals surface area contributed by atoms with Gasteiger partial charge in [0, 0.05) is 57.7 Å². The SMILES string of the molecule is CCOC1CC(N)(C(=O)N2CCN(CC(=O)N3CCCCCC3)CC2)C1(C)C.Cl.Cl. The molecule has 0 spiro atoms. The summed E-state index contributed by atoms with van der Waals surface area (Å²) < 4.78 is 5.75. The minimum absolute atomic E-state index is 0. The van der Waals surface area contributed by atoms with E-state index in [1.54, 1.807) is 0 Å². The number of hydrogen-bond acceptors (Lipinski definition) is 5. The predicted molar refractivity (Wildman–Crippen MR) is 123 cm³/mol. The van der Waals surface area contributed by atoms with Gasteiger partial charge in [-0.05, 0) is 19.8 Å². The molecule has 2 atom stereocenters. The van der Waals surface area contributed by atoms with Crippen molar-refractivity contribution in [1.82, 2.24) is 14.7 Å². The summed E-state index contributed by atoms with van der Waals surface area (Å²) in [4.78, 5) is 31.8. The highest BCUT2D eigenvalue weighted by Crippen LogP contribution is 2.50. The van der Waals surface area contributed by atoms with Crippen molar-refractivity contribution in [3.05, 3.63) is 0 Å². The van der Waals surface area contributed by atoms with E-state index >= 15 is 0 Å². The van der Waals surface area contributed by atoms with Crippen LogP contribution in [0, 0.1) is 5.41 Å². The quantitative estimate of drug-likeness (QED) is 0.669. The lowest BCUT2D eigenvalue weighted by Crippen LogP contribution is -2.76. The number of carbonyl (C=O) groups excluding carboxylic acids is 2. The molecule has 176 valence electrons. The van der Waals surface area contributed by atoms with E-state index in [9.17, 15) is 9.59 Å². The molecule has 0 aromatic rings. The minimum Gasteiger partial charge on any atom is -0.378 e. The topological polar surface area (TPSA) is 79.1 Å². The molecule has 3 rings (SSSR count). The molecule has 0 aromatic carbocycles. The summed E-state index contributed by atoms with van der Waals surface area (Å²) >= 11 is 0. The lowest BCUT2D eigenvalue weighted by atomic mass is 9.54. The van der Waals surface area contributed by atoms with Crippen LogP contribution < -0.4 is 5.73 Å². The van der Waals surface area contributed by atoms with E-state index < -0.39 is 5.54 Å². The Labute approximate surface area is 193 Å². The van der Waals surface area contributed by atoms with Crippen molar-refractivity contribution in [1.29, 1.82) is 0 Å². The highest BCUT2D eigenvalue weighted by Gasteiger charge is 2.63. The molecule has 2 aliphatic heterocycles. The van der Waals surface area contributed by atoms with Crippen LogP contribution >= 0.6 is 24.8 Å². The Hall–Kier alpha value is -0.600. The van der Waals surface area contributed by atoms with Crippen molar-refractivity contribution in [2.75, 3.05) is 52.4 Å². The number of halogens is 2. The number of amides is 2. The van der Waals surface area contributed by atoms with Crippen LogP contribution in [0.4, 0.5) is 0 Å². The van der Waals surface area contributed by atoms with Gasteiger partial charge in [0.15, 0.2) is 0 Å². The molecule has 30 heavy (non-hydrogen) atoms. The molecule has 2 amide bonds. The van der Waals surface area contributed by atoms with E-state index in [1.807, 2.05) is 30.6 Å². The van der Waals surface area contributed by atoms with Gasteiger partial charge in [-0.1, -0.05) is 26.7 Å². The fourth-order valence-electron chi connectivity index (χ4n) is 4.80. The molecule has 0 bridgehead atoms. The van der Waals surface area contributed by atoms with Crippen molar-refractivity contribution in [3.8, 4) is 0 Å². The average Bonchev–Trinajstić information content (AvgIpc) is 2.97. The molecule has 9 heteroatoms. The lowest BCUT2D eigenvalue weighted by Gasteiger charge is -2.59. The van der Waals surface area contributed by atoms with Gasteiger partial charge in [-0.3, -0.25) is 14.5 Å². The number of nitrogens with two attached hydrogens (primary N) is 1. The fraction of sp³-hybridized carbons (Fsp3) is 0.905. The average molecular weight is 467 g/mol. The highest BCUT2D eigenvalue weighted by atomic mass is 35.5. The molecule has 0 aromatic heterocycles. The third kappa shape index (κ3) is 5.41. The van der Waals surface area contributed by atoms with Gasteiger partial charge in [0.2, 0.25) is 11.8 Å². The van der Waals surface area contributed by atoms with Gasteiger partial charge < -0.3 is 20.3 Å². The van der Waals surface area contributed by atoms with Crippen LogP contribution in [0.15, 0.2) is 0 Å². The number of likely N-dealkylation sites (tertiary alicyclic amines) is 1. The summed E-state index contributed by atoms with van der Waals surface area (Å²) in [6.45, 7) is 11.7. The molecular formula is C21H40Cl2N4O3. The summed E-state index contributed by atoms with van der Waals surface area (Å²) in [5, 5.41) is 0. The number of nitrogens with zero attached hydrogens (tertiary/aromatic N) is 3. The predicted octanol–water partition coefficient (Wildman–Crippen LogP) is 1.91. The van der Waals surface area contributed by atoms with Crippen LogP contribution in [-0.2, 0) is 14.3 Å². The zero-order valence-corrected chi connectivity index (χ0v) is 20.4. The maximum atomic E-state index is 13.1. The number of hydrogen-bond donors (Lipinski definition) is 1. The monoisotopic (exact) mass is 466 g/mol. The summed E-state index contributed by atoms with van der Waals surface area (Å²) in [6.07, 6.45) is 5.31. The molecular weight excluding hydrogens is 427 g/mol. The van der Waals surface area contributed by atoms with Crippen LogP contribution in [0.1, 0.15) is 52.9 Å². The highest BCUT2D eigenvalue weighted by molar-refractivity contribution is 5.89. The van der Waals surface area contributed by atoms with Crippen LogP contribution in [0.5, 0.6) is 0 Å². The van der Waals surface area contributed by atoms with E-state index in [-0.39, 0.29) is 48.1 Å². The Kier molecular flexibility index (Phi) is 10.4. The normalized spacial score (nSPS) is 29.1. The molecule has 2 heterocycles. The number of ether oxygens (including phenoxy) is 1. The fourth-order valence-corrected chi connectivity index (χ4v) is 4.80. The van der Waals surface area contributed by atoms with Crippen LogP contribution in [0.25, 0.3) is 0 Å². The maximum Gasteiger partial charge on any atom is 0.243 e. The molecule has 0 radical (unpaired) electrons. The van der Waals surface area contributed by atoms with Crippen molar-refractivity contribution < 1.29 is 14.3 Å². The lowest BCUT2D eigenvalue weighted by molar-refractivity contribution is -0.180. The van der Waals surface area contributed by atoms with Gasteiger partial charge in [0.1, 0.15) is 5.54 Å². The second-order valence-corrected chi connectivity index (χ2v) is 9.20.